The highest BCUT2D eigenvalue weighted by molar-refractivity contribution is 6.07. The average Bonchev–Trinajstić information content (AvgIpc) is 2.83. The largest absolute Gasteiger partial charge is 0.451 e. The molecule has 0 unspecified atom stereocenters. The molecule has 0 spiro atoms. The Morgan fingerprint density at radius 2 is 1.76 bits per heavy atom. The zero-order valence-corrected chi connectivity index (χ0v) is 12.4. The Bertz CT molecular complexity index is 803. The maximum Gasteiger partial charge on any atom is 0.294 e. The predicted octanol–water partition coefficient (Wildman–Crippen LogP) is 4.33. The number of carbonyl (C=O) groups is 1. The van der Waals surface area contributed by atoms with E-state index in [0.29, 0.717) is 5.76 Å². The van der Waals surface area contributed by atoms with Crippen molar-refractivity contribution in [2.45, 2.75) is 13.8 Å². The van der Waals surface area contributed by atoms with Crippen molar-refractivity contribution < 1.29 is 9.21 Å². The van der Waals surface area contributed by atoms with Gasteiger partial charge in [0.15, 0.2) is 5.76 Å². The van der Waals surface area contributed by atoms with Crippen molar-refractivity contribution in [1.29, 1.82) is 0 Å². The zero-order valence-electron chi connectivity index (χ0n) is 12.4. The van der Waals surface area contributed by atoms with Crippen molar-refractivity contribution in [3.63, 3.8) is 0 Å². The second-order valence-electron chi connectivity index (χ2n) is 5.26. The summed E-state index contributed by atoms with van der Waals surface area (Å²) < 4.78 is 5.79. The lowest BCUT2D eigenvalue weighted by atomic mass is 10.1. The smallest absolute Gasteiger partial charge is 0.294 e. The minimum atomic E-state index is -0.132. The summed E-state index contributed by atoms with van der Waals surface area (Å²) in [5, 5.41) is 0.991. The van der Waals surface area contributed by atoms with Gasteiger partial charge in [0, 0.05) is 23.7 Å². The first-order valence-electron chi connectivity index (χ1n) is 6.91. The molecule has 2 aromatic carbocycles. The first kappa shape index (κ1) is 13.4. The highest BCUT2D eigenvalue weighted by atomic mass is 16.3. The summed E-state index contributed by atoms with van der Waals surface area (Å²) in [4.78, 5) is 14.3. The van der Waals surface area contributed by atoms with Crippen molar-refractivity contribution in [1.82, 2.24) is 0 Å². The highest BCUT2D eigenvalue weighted by Gasteiger charge is 2.21. The molecule has 1 aromatic heterocycles. The van der Waals surface area contributed by atoms with Gasteiger partial charge in [-0.15, -0.1) is 0 Å². The average molecular weight is 279 g/mol. The van der Waals surface area contributed by atoms with Gasteiger partial charge in [-0.2, -0.15) is 0 Å². The second kappa shape index (κ2) is 5.09. The van der Waals surface area contributed by atoms with Crippen LogP contribution < -0.4 is 4.90 Å². The number of benzene rings is 2. The van der Waals surface area contributed by atoms with E-state index in [1.165, 1.54) is 0 Å². The lowest BCUT2D eigenvalue weighted by Crippen LogP contribution is -2.26. The van der Waals surface area contributed by atoms with E-state index in [0.717, 1.165) is 27.8 Å². The van der Waals surface area contributed by atoms with Crippen LogP contribution in [-0.2, 0) is 0 Å². The molecule has 0 saturated heterocycles. The maximum absolute atomic E-state index is 12.7. The number of aryl methyl sites for hydroxylation is 2. The normalized spacial score (nSPS) is 10.8. The van der Waals surface area contributed by atoms with Gasteiger partial charge in [0.1, 0.15) is 5.58 Å². The van der Waals surface area contributed by atoms with Crippen LogP contribution in [0.2, 0.25) is 0 Å². The number of fused-ring (bicyclic) bond motifs is 1. The fraction of sp³-hybridized carbons (Fsp3) is 0.167. The molecule has 0 saturated carbocycles. The third-order valence-corrected chi connectivity index (χ3v) is 3.74. The molecule has 106 valence electrons. The number of rotatable bonds is 2. The van der Waals surface area contributed by atoms with E-state index in [1.54, 1.807) is 11.9 Å². The van der Waals surface area contributed by atoms with Gasteiger partial charge < -0.3 is 9.32 Å². The van der Waals surface area contributed by atoms with E-state index in [1.807, 2.05) is 62.4 Å². The molecule has 3 nitrogen and oxygen atoms in total. The van der Waals surface area contributed by atoms with Crippen molar-refractivity contribution >= 4 is 22.6 Å². The van der Waals surface area contributed by atoms with Gasteiger partial charge in [0.25, 0.3) is 5.91 Å². The quantitative estimate of drug-likeness (QED) is 0.699. The number of furan rings is 1. The van der Waals surface area contributed by atoms with Gasteiger partial charge in [-0.1, -0.05) is 30.3 Å². The predicted molar refractivity (Wildman–Crippen MR) is 84.9 cm³/mol. The lowest BCUT2D eigenvalue weighted by molar-refractivity contribution is 0.0968. The summed E-state index contributed by atoms with van der Waals surface area (Å²) in [5.41, 5.74) is 3.61. The van der Waals surface area contributed by atoms with E-state index in [2.05, 4.69) is 0 Å². The zero-order chi connectivity index (χ0) is 15.0. The van der Waals surface area contributed by atoms with Gasteiger partial charge in [0.2, 0.25) is 0 Å². The Hall–Kier alpha value is -2.55. The second-order valence-corrected chi connectivity index (χ2v) is 5.26. The fourth-order valence-electron chi connectivity index (χ4n) is 2.46. The van der Waals surface area contributed by atoms with Crippen LogP contribution in [0, 0.1) is 13.8 Å². The maximum atomic E-state index is 12.7. The van der Waals surface area contributed by atoms with E-state index in [9.17, 15) is 4.79 Å². The van der Waals surface area contributed by atoms with Gasteiger partial charge in [-0.05, 0) is 37.6 Å². The van der Waals surface area contributed by atoms with Crippen molar-refractivity contribution in [3.8, 4) is 0 Å². The van der Waals surface area contributed by atoms with Crippen LogP contribution in [0.1, 0.15) is 21.7 Å². The Balaban J connectivity index is 2.04. The van der Waals surface area contributed by atoms with E-state index in [-0.39, 0.29) is 5.91 Å². The van der Waals surface area contributed by atoms with Crippen molar-refractivity contribution in [2.24, 2.45) is 0 Å². The van der Waals surface area contributed by atoms with Gasteiger partial charge in [-0.3, -0.25) is 4.79 Å². The SMILES string of the molecule is Cc1ccc2c(C)c(C(=O)N(C)c3ccccc3)oc2c1. The molecule has 0 aliphatic carbocycles. The minimum absolute atomic E-state index is 0.132. The van der Waals surface area contributed by atoms with Crippen molar-refractivity contribution in [2.75, 3.05) is 11.9 Å². The third-order valence-electron chi connectivity index (χ3n) is 3.74. The molecule has 1 amide bonds. The van der Waals surface area contributed by atoms with Crippen LogP contribution >= 0.6 is 0 Å². The topological polar surface area (TPSA) is 33.5 Å². The summed E-state index contributed by atoms with van der Waals surface area (Å²) in [5.74, 6) is 0.273. The number of carbonyl (C=O) groups excluding carboxylic acids is 1. The Morgan fingerprint density at radius 1 is 1.05 bits per heavy atom. The molecule has 3 aromatic rings. The summed E-state index contributed by atoms with van der Waals surface area (Å²) in [7, 11) is 1.76. The Morgan fingerprint density at radius 3 is 2.48 bits per heavy atom. The molecule has 21 heavy (non-hydrogen) atoms. The summed E-state index contributed by atoms with van der Waals surface area (Å²) in [6.07, 6.45) is 0. The van der Waals surface area contributed by atoms with Crippen LogP contribution in [0.4, 0.5) is 5.69 Å². The molecule has 1 heterocycles. The lowest BCUT2D eigenvalue weighted by Gasteiger charge is -2.16. The molecular formula is C18H17NO2. The van der Waals surface area contributed by atoms with Crippen LogP contribution in [0.3, 0.4) is 0 Å². The van der Waals surface area contributed by atoms with Gasteiger partial charge in [-0.25, -0.2) is 0 Å². The standard InChI is InChI=1S/C18H17NO2/c1-12-9-10-15-13(2)17(21-16(15)11-12)18(20)19(3)14-7-5-4-6-8-14/h4-11H,1-3H3. The van der Waals surface area contributed by atoms with Gasteiger partial charge >= 0.3 is 0 Å². The van der Waals surface area contributed by atoms with Crippen molar-refractivity contribution in [3.05, 3.63) is 65.4 Å². The Labute approximate surface area is 123 Å². The molecule has 0 aliphatic rings. The summed E-state index contributed by atoms with van der Waals surface area (Å²) in [6.45, 7) is 3.93. The molecule has 0 bridgehead atoms. The number of anilines is 1. The number of para-hydroxylation sites is 1. The van der Waals surface area contributed by atoms with Crippen LogP contribution in [0.5, 0.6) is 0 Å². The number of nitrogens with zero attached hydrogens (tertiary/aromatic N) is 1. The molecule has 0 fully saturated rings. The number of amides is 1. The summed E-state index contributed by atoms with van der Waals surface area (Å²) in [6, 6.07) is 15.5. The highest BCUT2D eigenvalue weighted by Crippen LogP contribution is 2.27. The number of hydrogen-bond donors (Lipinski definition) is 0. The summed E-state index contributed by atoms with van der Waals surface area (Å²) >= 11 is 0. The van der Waals surface area contributed by atoms with E-state index in [4.69, 9.17) is 4.42 Å². The minimum Gasteiger partial charge on any atom is -0.451 e. The third kappa shape index (κ3) is 2.31. The monoisotopic (exact) mass is 279 g/mol. The van der Waals surface area contributed by atoms with Crippen LogP contribution in [0.15, 0.2) is 52.9 Å². The molecule has 3 heteroatoms. The van der Waals surface area contributed by atoms with Gasteiger partial charge in [0.05, 0.1) is 0 Å². The molecule has 0 aliphatic heterocycles. The molecular weight excluding hydrogens is 262 g/mol. The number of hydrogen-bond acceptors (Lipinski definition) is 2. The van der Waals surface area contributed by atoms with Crippen LogP contribution in [-0.4, -0.2) is 13.0 Å². The van der Waals surface area contributed by atoms with E-state index >= 15 is 0 Å². The molecule has 0 N–H and O–H groups in total. The first-order chi connectivity index (χ1) is 10.1. The van der Waals surface area contributed by atoms with E-state index < -0.39 is 0 Å². The molecule has 0 radical (unpaired) electrons. The van der Waals surface area contributed by atoms with Crippen LogP contribution in [0.25, 0.3) is 11.0 Å². The first-order valence-corrected chi connectivity index (χ1v) is 6.91. The fourth-order valence-corrected chi connectivity index (χ4v) is 2.46. The molecule has 3 rings (SSSR count). The molecule has 0 atom stereocenters. The Kier molecular flexibility index (Phi) is 3.26.